The number of carbonyl (C=O) groups is 3. The van der Waals surface area contributed by atoms with Crippen molar-refractivity contribution in [3.63, 3.8) is 0 Å². The van der Waals surface area contributed by atoms with Crippen molar-refractivity contribution in [2.45, 2.75) is 149 Å². The molecule has 0 saturated heterocycles. The number of nitriles is 1. The molecule has 0 radical (unpaired) electrons. The lowest BCUT2D eigenvalue weighted by Gasteiger charge is -2.37. The summed E-state index contributed by atoms with van der Waals surface area (Å²) in [6, 6.07) is 47.7. The zero-order valence-electron chi connectivity index (χ0n) is 55.4. The van der Waals surface area contributed by atoms with E-state index in [0.717, 1.165) is 127 Å². The Balaban J connectivity index is 0.982. The number of benzene rings is 6. The number of hydrogen-bond acceptors (Lipinski definition) is 13. The molecule has 2 atom stereocenters. The monoisotopic (exact) mass is 1260 g/mol. The second-order valence-electron chi connectivity index (χ2n) is 23.4. The van der Waals surface area contributed by atoms with E-state index in [1.807, 2.05) is 97.1 Å². The minimum Gasteiger partial charge on any atom is -0.497 e. The highest BCUT2D eigenvalue weighted by molar-refractivity contribution is 7.44. The summed E-state index contributed by atoms with van der Waals surface area (Å²) in [5.41, 5.74) is 7.15. The van der Waals surface area contributed by atoms with Gasteiger partial charge in [-0.1, -0.05) is 105 Å². The fourth-order valence-electron chi connectivity index (χ4n) is 11.9. The highest BCUT2D eigenvalue weighted by Crippen LogP contribution is 2.50. The molecule has 0 aromatic heterocycles. The van der Waals surface area contributed by atoms with Crippen molar-refractivity contribution in [3.05, 3.63) is 178 Å². The van der Waals surface area contributed by atoms with Gasteiger partial charge in [-0.2, -0.15) is 5.26 Å². The van der Waals surface area contributed by atoms with Gasteiger partial charge in [-0.25, -0.2) is 4.67 Å². The molecule has 0 saturated carbocycles. The van der Waals surface area contributed by atoms with E-state index in [4.69, 9.17) is 33.3 Å². The zero-order valence-corrected chi connectivity index (χ0v) is 56.3. The van der Waals surface area contributed by atoms with Gasteiger partial charge < -0.3 is 53.7 Å². The van der Waals surface area contributed by atoms with Crippen LogP contribution < -0.4 is 40.0 Å². The topological polar surface area (TPSA) is 176 Å². The Morgan fingerprint density at radius 1 is 0.604 bits per heavy atom. The Bertz CT molecular complexity index is 3130. The number of anilines is 2. The standard InChI is InChI=1S/C74H98N7O9P/c1-11-79(12-2)61-37-43-65-68(51-61)90-69-52-62(80(13-3)14-4)38-44-66(69)71(65)56-28-26-29-57(50-56)72(83)76-46-23-16-15-22-32-70(82)78-67(73(84)77-47-24-17-18-25-48-88-91(89-49-27-45-75)81(54(5)6)55(7)8)53-87-74(58-30-20-19-21-31-58,59-33-39-63(85-9)40-34-59)60-35-41-64(86-10)42-36-60/h19-21,26,28-31,33-44,50-52,54-55,67,71H,11-18,22-25,27,32,46-49,53H2,1-10H3,(H,76,83)(H,77,84)(H,78,82). The van der Waals surface area contributed by atoms with Crippen molar-refractivity contribution in [1.29, 1.82) is 5.26 Å². The van der Waals surface area contributed by atoms with Crippen LogP contribution in [0.25, 0.3) is 0 Å². The molecular weight excluding hydrogens is 1160 g/mol. The van der Waals surface area contributed by atoms with Crippen LogP contribution in [0, 0.1) is 11.3 Å². The molecule has 0 aliphatic carbocycles. The van der Waals surface area contributed by atoms with E-state index >= 15 is 0 Å². The highest BCUT2D eigenvalue weighted by atomic mass is 31.2. The first-order valence-corrected chi connectivity index (χ1v) is 34.0. The van der Waals surface area contributed by atoms with Crippen LogP contribution in [0.5, 0.6) is 23.0 Å². The molecule has 0 bridgehead atoms. The third-order valence-corrected chi connectivity index (χ3v) is 18.8. The van der Waals surface area contributed by atoms with Crippen molar-refractivity contribution in [2.24, 2.45) is 0 Å². The summed E-state index contributed by atoms with van der Waals surface area (Å²) in [5, 5.41) is 18.5. The molecule has 1 aliphatic rings. The Hall–Kier alpha value is -7.51. The van der Waals surface area contributed by atoms with Gasteiger partial charge in [-0.15, -0.1) is 0 Å². The fourth-order valence-corrected chi connectivity index (χ4v) is 13.6. The molecule has 6 aromatic rings. The van der Waals surface area contributed by atoms with Gasteiger partial charge in [-0.3, -0.25) is 14.4 Å². The van der Waals surface area contributed by atoms with Crippen LogP contribution in [-0.4, -0.2) is 114 Å². The second-order valence-corrected chi connectivity index (χ2v) is 24.8. The lowest BCUT2D eigenvalue weighted by molar-refractivity contribution is -0.132. The Morgan fingerprint density at radius 2 is 1.13 bits per heavy atom. The highest BCUT2D eigenvalue weighted by Gasteiger charge is 2.40. The number of amides is 3. The van der Waals surface area contributed by atoms with E-state index in [9.17, 15) is 14.4 Å². The number of nitrogens with one attached hydrogen (secondary N) is 3. The number of hydrogen-bond donors (Lipinski definition) is 3. The number of carbonyl (C=O) groups excluding carboxylic acids is 3. The average molecular weight is 1260 g/mol. The maximum Gasteiger partial charge on any atom is 0.259 e. The maximum atomic E-state index is 14.4. The van der Waals surface area contributed by atoms with Crippen LogP contribution in [0.2, 0.25) is 0 Å². The van der Waals surface area contributed by atoms with Crippen molar-refractivity contribution >= 4 is 37.6 Å². The van der Waals surface area contributed by atoms with E-state index in [1.54, 1.807) is 14.2 Å². The second kappa shape index (κ2) is 36.5. The van der Waals surface area contributed by atoms with Gasteiger partial charge in [0, 0.05) is 104 Å². The van der Waals surface area contributed by atoms with E-state index in [1.165, 1.54) is 0 Å². The summed E-state index contributed by atoms with van der Waals surface area (Å²) in [4.78, 5) is 46.9. The normalized spacial score (nSPS) is 12.7. The zero-order chi connectivity index (χ0) is 65.1. The van der Waals surface area contributed by atoms with Gasteiger partial charge in [0.25, 0.3) is 14.4 Å². The van der Waals surface area contributed by atoms with Crippen LogP contribution in [0.3, 0.4) is 0 Å². The Morgan fingerprint density at radius 3 is 1.67 bits per heavy atom. The van der Waals surface area contributed by atoms with E-state index in [0.29, 0.717) is 56.2 Å². The molecule has 1 aliphatic heterocycles. The van der Waals surface area contributed by atoms with Gasteiger partial charge >= 0.3 is 0 Å². The van der Waals surface area contributed by atoms with E-state index in [-0.39, 0.29) is 48.8 Å². The first-order chi connectivity index (χ1) is 44.2. The molecule has 6 aromatic carbocycles. The van der Waals surface area contributed by atoms with Crippen molar-refractivity contribution < 1.29 is 42.4 Å². The minimum absolute atomic E-state index is 0.138. The van der Waals surface area contributed by atoms with Crippen LogP contribution >= 0.6 is 8.53 Å². The first kappa shape index (κ1) is 70.9. The van der Waals surface area contributed by atoms with Crippen LogP contribution in [0.15, 0.2) is 140 Å². The summed E-state index contributed by atoms with van der Waals surface area (Å²) < 4.78 is 39.6. The smallest absolute Gasteiger partial charge is 0.259 e. The van der Waals surface area contributed by atoms with Gasteiger partial charge in [0.1, 0.15) is 34.6 Å². The molecule has 3 amide bonds. The molecule has 17 heteroatoms. The van der Waals surface area contributed by atoms with Crippen LogP contribution in [-0.2, 0) is 29.0 Å². The van der Waals surface area contributed by atoms with Gasteiger partial charge in [-0.05, 0) is 152 Å². The Labute approximate surface area is 543 Å². The van der Waals surface area contributed by atoms with Gasteiger partial charge in [0.05, 0.1) is 46.5 Å². The largest absolute Gasteiger partial charge is 0.497 e. The molecular formula is C74H98N7O9P. The third kappa shape index (κ3) is 19.3. The third-order valence-electron chi connectivity index (χ3n) is 16.7. The number of ether oxygens (including phenoxy) is 4. The summed E-state index contributed by atoms with van der Waals surface area (Å²) >= 11 is 0. The molecule has 3 N–H and O–H groups in total. The molecule has 1 heterocycles. The quantitative estimate of drug-likeness (QED) is 0.0189. The number of unbranched alkanes of at least 4 members (excludes halogenated alkanes) is 6. The predicted molar refractivity (Wildman–Crippen MR) is 366 cm³/mol. The van der Waals surface area contributed by atoms with Crippen molar-refractivity contribution in [3.8, 4) is 29.1 Å². The SMILES string of the molecule is CCN(CC)c1ccc2c(c1)Oc1cc(N(CC)CC)ccc1C2c1cccc(C(=O)NCCCCCCC(=O)NC(COC(c2ccccc2)(c2ccc(OC)cc2)c2ccc(OC)cc2)C(=O)NCCCCCCOP(OCCC#N)N(C(C)C)C(C)C)c1. The van der Waals surface area contributed by atoms with E-state index in [2.05, 4.69) is 134 Å². The molecule has 16 nitrogen and oxygen atoms in total. The number of rotatable bonds is 39. The molecule has 7 rings (SSSR count). The van der Waals surface area contributed by atoms with Crippen LogP contribution in [0.4, 0.5) is 11.4 Å². The minimum atomic E-state index is -1.31. The molecule has 0 spiro atoms. The van der Waals surface area contributed by atoms with Crippen molar-refractivity contribution in [1.82, 2.24) is 20.6 Å². The van der Waals surface area contributed by atoms with Gasteiger partial charge in [0.2, 0.25) is 11.8 Å². The van der Waals surface area contributed by atoms with E-state index < -0.39 is 20.2 Å². The van der Waals surface area contributed by atoms with Crippen molar-refractivity contribution in [2.75, 3.05) is 83.1 Å². The summed E-state index contributed by atoms with van der Waals surface area (Å²) in [6.07, 6.45) is 6.64. The fraction of sp³-hybridized carbons (Fsp3) is 0.459. The summed E-state index contributed by atoms with van der Waals surface area (Å²) in [7, 11) is 1.93. The maximum absolute atomic E-state index is 14.4. The number of fused-ring (bicyclic) bond motifs is 2. The average Bonchev–Trinajstić information content (AvgIpc) is 0.793. The molecule has 0 fully saturated rings. The first-order valence-electron chi connectivity index (χ1n) is 32.8. The molecule has 488 valence electrons. The predicted octanol–water partition coefficient (Wildman–Crippen LogP) is 14.8. The molecule has 2 unspecified atom stereocenters. The summed E-state index contributed by atoms with van der Waals surface area (Å²) in [5.74, 6) is 2.12. The Kier molecular flexibility index (Phi) is 28.5. The van der Waals surface area contributed by atoms with Gasteiger partial charge in [0.15, 0.2) is 0 Å². The summed E-state index contributed by atoms with van der Waals surface area (Å²) in [6.45, 7) is 22.2. The lowest BCUT2D eigenvalue weighted by Crippen LogP contribution is -2.51. The number of methoxy groups -OCH3 is 2. The molecule has 91 heavy (non-hydrogen) atoms. The van der Waals surface area contributed by atoms with Crippen LogP contribution in [0.1, 0.15) is 169 Å². The number of nitrogens with zero attached hydrogens (tertiary/aromatic N) is 4. The lowest BCUT2D eigenvalue weighted by atomic mass is 9.80.